The molecule has 0 amide bonds. The molecule has 0 spiro atoms. The number of aromatic amines is 2. The summed E-state index contributed by atoms with van der Waals surface area (Å²) >= 11 is 0. The number of hydrogen-bond acceptors (Lipinski definition) is 1. The van der Waals surface area contributed by atoms with E-state index in [1.807, 2.05) is 24.3 Å². The van der Waals surface area contributed by atoms with Gasteiger partial charge in [0.2, 0.25) is 0 Å². The highest BCUT2D eigenvalue weighted by molar-refractivity contribution is 5.40. The molecule has 11 heavy (non-hydrogen) atoms. The fourth-order valence-corrected chi connectivity index (χ4v) is 1.13. The number of hydrogen-bond donors (Lipinski definition) is 2. The normalized spacial score (nSPS) is 14.5. The van der Waals surface area contributed by atoms with Gasteiger partial charge in [-0.05, 0) is 12.5 Å². The van der Waals surface area contributed by atoms with Crippen molar-refractivity contribution in [3.05, 3.63) is 33.3 Å². The van der Waals surface area contributed by atoms with E-state index in [1.54, 1.807) is 0 Å². The van der Waals surface area contributed by atoms with Gasteiger partial charge < -0.3 is 9.97 Å². The van der Waals surface area contributed by atoms with Crippen LogP contribution < -0.4 is 16.4 Å². The Hall–Kier alpha value is -1.51. The molecule has 1 heterocycles. The number of fused-ring (bicyclic) bond motifs is 1. The highest BCUT2D eigenvalue weighted by Crippen LogP contribution is 1.85. The maximum absolute atomic E-state index is 10.8. The molecule has 1 aromatic heterocycles. The molecule has 0 aliphatic heterocycles. The van der Waals surface area contributed by atoms with Gasteiger partial charge in [-0.3, -0.25) is 0 Å². The van der Waals surface area contributed by atoms with Crippen molar-refractivity contribution in [1.82, 2.24) is 9.97 Å². The van der Waals surface area contributed by atoms with Crippen LogP contribution in [0.1, 0.15) is 9.27 Å². The van der Waals surface area contributed by atoms with Crippen LogP contribution in [0.2, 0.25) is 0 Å². The Bertz CT molecular complexity index is 455. The third-order valence-electron chi connectivity index (χ3n) is 1.64. The van der Waals surface area contributed by atoms with E-state index >= 15 is 0 Å². The molecule has 0 saturated heterocycles. The number of nitrogens with one attached hydrogen (secondary N) is 2. The van der Waals surface area contributed by atoms with Crippen molar-refractivity contribution in [2.45, 2.75) is 6.42 Å². The minimum Gasteiger partial charge on any atom is -0.306 e. The molecular formula is C8H12N2O. The van der Waals surface area contributed by atoms with Gasteiger partial charge in [0, 0.05) is 2.85 Å². The van der Waals surface area contributed by atoms with Gasteiger partial charge in [0.05, 0.1) is 10.7 Å². The Balaban J connectivity index is 0.000000720. The molecule has 0 radical (unpaired) electrons. The van der Waals surface area contributed by atoms with Crippen molar-refractivity contribution in [2.24, 2.45) is 0 Å². The van der Waals surface area contributed by atoms with E-state index in [9.17, 15) is 4.79 Å². The van der Waals surface area contributed by atoms with Crippen molar-refractivity contribution in [2.75, 3.05) is 0 Å². The Morgan fingerprint density at radius 3 is 3.09 bits per heavy atom. The lowest BCUT2D eigenvalue weighted by molar-refractivity contribution is 1.16. The molecule has 0 aromatic carbocycles. The van der Waals surface area contributed by atoms with Crippen LogP contribution in [0.4, 0.5) is 0 Å². The summed E-state index contributed by atoms with van der Waals surface area (Å²) in [6.07, 6.45) is 8.71. The zero-order chi connectivity index (χ0) is 7.68. The summed E-state index contributed by atoms with van der Waals surface area (Å²) in [6.45, 7) is 0. The van der Waals surface area contributed by atoms with Crippen LogP contribution in [0, 0.1) is 0 Å². The van der Waals surface area contributed by atoms with Crippen molar-refractivity contribution < 1.29 is 2.85 Å². The van der Waals surface area contributed by atoms with E-state index in [-0.39, 0.29) is 8.54 Å². The maximum atomic E-state index is 10.8. The standard InChI is InChI=1S/C8H8N2O.2H2/c11-8-9-6-4-2-1-3-5-7(6)10-8;;/h1-2,4-5H,3H2,(H2,9,10,11);2*1H. The van der Waals surface area contributed by atoms with Crippen molar-refractivity contribution in [3.63, 3.8) is 0 Å². The summed E-state index contributed by atoms with van der Waals surface area (Å²) in [5, 5.41) is 1.75. The van der Waals surface area contributed by atoms with Crippen LogP contribution in [0.25, 0.3) is 12.2 Å². The summed E-state index contributed by atoms with van der Waals surface area (Å²) < 4.78 is 0. The van der Waals surface area contributed by atoms with Crippen molar-refractivity contribution in [1.29, 1.82) is 0 Å². The highest BCUT2D eigenvalue weighted by Gasteiger charge is 1.90. The number of aromatic nitrogens is 2. The minimum atomic E-state index is -0.141. The second kappa shape index (κ2) is 2.27. The maximum Gasteiger partial charge on any atom is 0.323 e. The topological polar surface area (TPSA) is 48.6 Å². The Labute approximate surface area is 65.7 Å². The Morgan fingerprint density at radius 2 is 2.18 bits per heavy atom. The van der Waals surface area contributed by atoms with E-state index in [0.717, 1.165) is 17.1 Å². The van der Waals surface area contributed by atoms with Gasteiger partial charge in [-0.25, -0.2) is 4.79 Å². The first kappa shape index (κ1) is 6.22. The first-order chi connectivity index (χ1) is 5.36. The van der Waals surface area contributed by atoms with Crippen LogP contribution in [-0.2, 0) is 0 Å². The number of H-pyrrole nitrogens is 2. The Kier molecular flexibility index (Phi) is 1.28. The quantitative estimate of drug-likeness (QED) is 0.527. The number of allylic oxidation sites excluding steroid dienone is 2. The monoisotopic (exact) mass is 152 g/mol. The highest BCUT2D eigenvalue weighted by atomic mass is 16.1. The summed E-state index contributed by atoms with van der Waals surface area (Å²) in [7, 11) is 0. The molecule has 0 fully saturated rings. The van der Waals surface area contributed by atoms with Gasteiger partial charge in [0.25, 0.3) is 0 Å². The summed E-state index contributed by atoms with van der Waals surface area (Å²) in [6, 6.07) is 0. The molecule has 60 valence electrons. The molecule has 2 rings (SSSR count). The SMILES string of the molecule is O=c1[nH]c2c([nH]1)=CCC=CC=2.[HH].[HH]. The lowest BCUT2D eigenvalue weighted by Gasteiger charge is -1.73. The molecule has 2 N–H and O–H groups in total. The predicted octanol–water partition coefficient (Wildman–Crippen LogP) is -0.284. The van der Waals surface area contributed by atoms with Crippen LogP contribution in [0.15, 0.2) is 16.9 Å². The first-order valence-electron chi connectivity index (χ1n) is 3.51. The van der Waals surface area contributed by atoms with Crippen LogP contribution in [0.3, 0.4) is 0 Å². The molecule has 1 aromatic rings. The van der Waals surface area contributed by atoms with Crippen LogP contribution >= 0.6 is 0 Å². The summed E-state index contributed by atoms with van der Waals surface area (Å²) in [5.41, 5.74) is -0.141. The molecule has 0 atom stereocenters. The van der Waals surface area contributed by atoms with E-state index in [2.05, 4.69) is 9.97 Å². The van der Waals surface area contributed by atoms with Crippen molar-refractivity contribution in [3.8, 4) is 0 Å². The van der Waals surface area contributed by atoms with E-state index < -0.39 is 0 Å². The van der Waals surface area contributed by atoms with Gasteiger partial charge in [-0.1, -0.05) is 18.2 Å². The zero-order valence-corrected chi connectivity index (χ0v) is 5.92. The van der Waals surface area contributed by atoms with Crippen LogP contribution in [-0.4, -0.2) is 9.97 Å². The van der Waals surface area contributed by atoms with Crippen LogP contribution in [0.5, 0.6) is 0 Å². The third-order valence-corrected chi connectivity index (χ3v) is 1.64. The van der Waals surface area contributed by atoms with E-state index in [0.29, 0.717) is 0 Å². The summed E-state index contributed by atoms with van der Waals surface area (Å²) in [5.74, 6) is 0. The van der Waals surface area contributed by atoms with E-state index in [4.69, 9.17) is 0 Å². The smallest absolute Gasteiger partial charge is 0.306 e. The first-order valence-corrected chi connectivity index (χ1v) is 3.51. The molecular weight excluding hydrogens is 140 g/mol. The largest absolute Gasteiger partial charge is 0.323 e. The lowest BCUT2D eigenvalue weighted by Crippen LogP contribution is -2.23. The predicted molar refractivity (Wildman–Crippen MR) is 47.6 cm³/mol. The van der Waals surface area contributed by atoms with Gasteiger partial charge in [0.15, 0.2) is 0 Å². The molecule has 0 unspecified atom stereocenters. The second-order valence-corrected chi connectivity index (χ2v) is 2.44. The van der Waals surface area contributed by atoms with Gasteiger partial charge >= 0.3 is 5.69 Å². The van der Waals surface area contributed by atoms with Crippen molar-refractivity contribution >= 4 is 12.2 Å². The average molecular weight is 152 g/mol. The fraction of sp³-hybridized carbons (Fsp3) is 0.125. The number of imidazole rings is 1. The molecule has 0 bridgehead atoms. The fourth-order valence-electron chi connectivity index (χ4n) is 1.13. The summed E-state index contributed by atoms with van der Waals surface area (Å²) in [4.78, 5) is 16.2. The minimum absolute atomic E-state index is 0. The number of rotatable bonds is 0. The van der Waals surface area contributed by atoms with Gasteiger partial charge in [0.1, 0.15) is 0 Å². The molecule has 0 saturated carbocycles. The zero-order valence-electron chi connectivity index (χ0n) is 5.92. The molecule has 3 nitrogen and oxygen atoms in total. The molecule has 1 aliphatic rings. The second-order valence-electron chi connectivity index (χ2n) is 2.44. The average Bonchev–Trinajstić information content (AvgIpc) is 2.17. The van der Waals surface area contributed by atoms with Gasteiger partial charge in [-0.15, -0.1) is 0 Å². The lowest BCUT2D eigenvalue weighted by atomic mass is 10.4. The third kappa shape index (κ3) is 1.05. The van der Waals surface area contributed by atoms with Gasteiger partial charge in [-0.2, -0.15) is 0 Å². The molecule has 1 aliphatic carbocycles. The molecule has 3 heteroatoms. The Morgan fingerprint density at radius 1 is 1.36 bits per heavy atom. The van der Waals surface area contributed by atoms with E-state index in [1.165, 1.54) is 0 Å².